The van der Waals surface area contributed by atoms with Crippen molar-refractivity contribution in [3.05, 3.63) is 82.0 Å². The van der Waals surface area contributed by atoms with E-state index in [1.165, 1.54) is 0 Å². The van der Waals surface area contributed by atoms with Crippen LogP contribution in [0.4, 0.5) is 0 Å². The number of methoxy groups -OCH3 is 1. The highest BCUT2D eigenvalue weighted by Crippen LogP contribution is 2.46. The minimum absolute atomic E-state index is 0.0314. The first kappa shape index (κ1) is 54.2. The second-order valence-corrected chi connectivity index (χ2v) is 19.4. The summed E-state index contributed by atoms with van der Waals surface area (Å²) in [7, 11) is 1.59. The maximum atomic E-state index is 14.4. The summed E-state index contributed by atoms with van der Waals surface area (Å²) >= 11 is 6.61. The molecule has 0 radical (unpaired) electrons. The lowest BCUT2D eigenvalue weighted by molar-refractivity contribution is -0.140. The monoisotopic (exact) mass is 1030 g/mol. The molecular formula is C51H64ClN9O12. The molecule has 7 rings (SSSR count). The Morgan fingerprint density at radius 1 is 0.808 bits per heavy atom. The van der Waals surface area contributed by atoms with Gasteiger partial charge in [-0.3, -0.25) is 43.6 Å². The summed E-state index contributed by atoms with van der Waals surface area (Å²) in [6.07, 6.45) is 0. The van der Waals surface area contributed by atoms with Gasteiger partial charge in [-0.05, 0) is 74.7 Å². The van der Waals surface area contributed by atoms with Crippen molar-refractivity contribution in [2.75, 3.05) is 119 Å². The van der Waals surface area contributed by atoms with Gasteiger partial charge in [0, 0.05) is 86.7 Å². The Kier molecular flexibility index (Phi) is 18.1. The van der Waals surface area contributed by atoms with Crippen molar-refractivity contribution in [2.45, 2.75) is 39.8 Å². The first-order valence-electron chi connectivity index (χ1n) is 24.1. The van der Waals surface area contributed by atoms with Gasteiger partial charge in [0.05, 0.1) is 75.7 Å². The summed E-state index contributed by atoms with van der Waals surface area (Å²) in [5.41, 5.74) is 6.29. The van der Waals surface area contributed by atoms with Crippen LogP contribution in [-0.4, -0.2) is 209 Å². The molecule has 3 aromatic carbocycles. The third-order valence-electron chi connectivity index (χ3n) is 13.0. The van der Waals surface area contributed by atoms with Gasteiger partial charge in [0.25, 0.3) is 5.91 Å². The minimum atomic E-state index is -1.03. The summed E-state index contributed by atoms with van der Waals surface area (Å²) in [5, 5.41) is 41.2. The number of carbonyl (C=O) groups is 5. The molecule has 73 heavy (non-hydrogen) atoms. The lowest BCUT2D eigenvalue weighted by Crippen LogP contribution is -2.55. The fourth-order valence-corrected chi connectivity index (χ4v) is 9.51. The van der Waals surface area contributed by atoms with Gasteiger partial charge >= 0.3 is 17.9 Å². The summed E-state index contributed by atoms with van der Waals surface area (Å²) in [6.45, 7) is 10.7. The predicted molar refractivity (Wildman–Crippen MR) is 271 cm³/mol. The van der Waals surface area contributed by atoms with E-state index in [9.17, 15) is 39.3 Å². The summed E-state index contributed by atoms with van der Waals surface area (Å²) < 4.78 is 19.8. The molecule has 2 saturated heterocycles. The second-order valence-electron chi connectivity index (χ2n) is 19.0. The molecule has 392 valence electrons. The van der Waals surface area contributed by atoms with Gasteiger partial charge in [-0.15, -0.1) is 0 Å². The van der Waals surface area contributed by atoms with E-state index in [-0.39, 0.29) is 89.6 Å². The lowest BCUT2D eigenvalue weighted by Gasteiger charge is -2.41. The van der Waals surface area contributed by atoms with E-state index in [2.05, 4.69) is 10.5 Å². The van der Waals surface area contributed by atoms with Gasteiger partial charge in [0.2, 0.25) is 5.91 Å². The number of carbonyl (C=O) groups excluding carboxylic acids is 2. The average molecular weight is 1030 g/mol. The molecule has 4 aromatic rings. The molecule has 21 nitrogen and oxygen atoms in total. The highest BCUT2D eigenvalue weighted by atomic mass is 35.5. The highest BCUT2D eigenvalue weighted by Gasteiger charge is 2.39. The van der Waals surface area contributed by atoms with Crippen molar-refractivity contribution in [3.63, 3.8) is 0 Å². The number of aliphatic carboxylic acids is 3. The minimum Gasteiger partial charge on any atom is -0.496 e. The SMILES string of the molecule is COc1cc2c(cc1-c1cccc(/C(C)=N/OCCNC(=O)CN3CCN(CC(=O)O)CCN(CC(=O)O)CCN(CC(=O)O)CC3)c1)-c1c(c(C(=O)N3CCOCC3(C)C)nn1-c1cc(C)cc(Cl)c1)CO2. The van der Waals surface area contributed by atoms with E-state index in [4.69, 9.17) is 35.7 Å². The molecule has 22 heteroatoms. The summed E-state index contributed by atoms with van der Waals surface area (Å²) in [5.74, 6) is -2.50. The number of oxime groups is 1. The zero-order valence-electron chi connectivity index (χ0n) is 41.9. The third-order valence-corrected chi connectivity index (χ3v) is 13.2. The molecule has 0 atom stereocenters. The van der Waals surface area contributed by atoms with Crippen molar-refractivity contribution in [2.24, 2.45) is 5.16 Å². The van der Waals surface area contributed by atoms with Crippen molar-refractivity contribution in [1.82, 2.24) is 39.6 Å². The van der Waals surface area contributed by atoms with Crippen LogP contribution < -0.4 is 14.8 Å². The van der Waals surface area contributed by atoms with Crippen LogP contribution in [0.15, 0.2) is 59.8 Å². The molecule has 0 aliphatic carbocycles. The second kappa shape index (κ2) is 24.4. The van der Waals surface area contributed by atoms with Crippen LogP contribution in [0, 0.1) is 6.92 Å². The molecule has 4 heterocycles. The van der Waals surface area contributed by atoms with E-state index in [1.807, 2.05) is 92.1 Å². The number of fused-ring (bicyclic) bond motifs is 3. The number of aryl methyl sites for hydroxylation is 1. The molecule has 0 bridgehead atoms. The molecule has 0 spiro atoms. The van der Waals surface area contributed by atoms with Gasteiger partial charge in [0.15, 0.2) is 5.69 Å². The number of halogens is 1. The molecular weight excluding hydrogens is 966 g/mol. The van der Waals surface area contributed by atoms with Crippen LogP contribution in [0.1, 0.15) is 48.0 Å². The number of morpholine rings is 1. The smallest absolute Gasteiger partial charge is 0.317 e. The summed E-state index contributed by atoms with van der Waals surface area (Å²) in [6, 6.07) is 17.2. The number of nitrogens with one attached hydrogen (secondary N) is 1. The summed E-state index contributed by atoms with van der Waals surface area (Å²) in [4.78, 5) is 76.9. The Morgan fingerprint density at radius 3 is 2.00 bits per heavy atom. The molecule has 1 aromatic heterocycles. The van der Waals surface area contributed by atoms with E-state index in [1.54, 1.807) is 26.5 Å². The Bertz CT molecular complexity index is 2660. The number of rotatable bonds is 17. The molecule has 4 N–H and O–H groups in total. The quantitative estimate of drug-likeness (QED) is 0.0670. The number of carboxylic acids is 3. The normalized spacial score (nSPS) is 17.3. The van der Waals surface area contributed by atoms with E-state index in [0.717, 1.165) is 22.3 Å². The zero-order chi connectivity index (χ0) is 52.4. The number of benzene rings is 3. The van der Waals surface area contributed by atoms with Crippen LogP contribution in [0.2, 0.25) is 5.02 Å². The third kappa shape index (κ3) is 14.1. The molecule has 3 aliphatic heterocycles. The Hall–Kier alpha value is -6.62. The number of hydrogen-bond donors (Lipinski definition) is 4. The topological polar surface area (TPSA) is 241 Å². The largest absolute Gasteiger partial charge is 0.496 e. The fraction of sp³-hybridized carbons (Fsp3) is 0.471. The van der Waals surface area contributed by atoms with Crippen LogP contribution in [0.3, 0.4) is 0 Å². The van der Waals surface area contributed by atoms with Crippen LogP contribution >= 0.6 is 11.6 Å². The Balaban J connectivity index is 1.04. The fourth-order valence-electron chi connectivity index (χ4n) is 9.22. The molecule has 0 unspecified atom stereocenters. The standard InChI is InChI=1S/C51H64ClN9O12/c1-33-21-37(52)24-38(22-33)61-49-40-25-39(42(70-5)26-43(40)72-31-41(49)48(54-61)50(69)60-18-20-71-32-51(60,3)4)36-8-6-7-35(23-36)34(2)55-73-19-9-53-44(62)27-56-10-12-57(28-45(63)64)14-16-59(30-47(67)68)17-15-58(13-11-56)29-46(65)66/h6-8,21-26H,9-20,27-32H2,1-5H3,(H,53,62)(H,63,64)(H,65,66)(H,67,68)/b55-34+. The van der Waals surface area contributed by atoms with Crippen molar-refractivity contribution in [1.29, 1.82) is 0 Å². The van der Waals surface area contributed by atoms with E-state index in [0.29, 0.717) is 90.7 Å². The Morgan fingerprint density at radius 2 is 1.42 bits per heavy atom. The molecule has 2 fully saturated rings. The first-order chi connectivity index (χ1) is 34.9. The molecule has 3 aliphatic rings. The number of hydrogen-bond acceptors (Lipinski definition) is 15. The van der Waals surface area contributed by atoms with Crippen LogP contribution in [0.25, 0.3) is 28.1 Å². The predicted octanol–water partition coefficient (Wildman–Crippen LogP) is 3.65. The number of carboxylic acid groups (broad SMARTS) is 3. The number of aromatic nitrogens is 2. The zero-order valence-corrected chi connectivity index (χ0v) is 42.7. The number of amides is 2. The van der Waals surface area contributed by atoms with Crippen LogP contribution in [-0.2, 0) is 35.4 Å². The van der Waals surface area contributed by atoms with E-state index >= 15 is 0 Å². The van der Waals surface area contributed by atoms with Crippen molar-refractivity contribution < 1.29 is 58.3 Å². The van der Waals surface area contributed by atoms with Crippen LogP contribution in [0.5, 0.6) is 11.5 Å². The van der Waals surface area contributed by atoms with Crippen molar-refractivity contribution in [3.8, 4) is 39.6 Å². The van der Waals surface area contributed by atoms with Gasteiger partial charge in [0.1, 0.15) is 24.7 Å². The Labute approximate surface area is 428 Å². The molecule has 0 saturated carbocycles. The number of nitrogens with zero attached hydrogens (tertiary/aromatic N) is 8. The highest BCUT2D eigenvalue weighted by molar-refractivity contribution is 6.30. The van der Waals surface area contributed by atoms with Crippen molar-refractivity contribution >= 4 is 47.0 Å². The maximum Gasteiger partial charge on any atom is 0.317 e. The van der Waals surface area contributed by atoms with Gasteiger partial charge in [-0.25, -0.2) is 4.68 Å². The molecule has 2 amide bonds. The number of ether oxygens (including phenoxy) is 3. The van der Waals surface area contributed by atoms with Gasteiger partial charge in [-0.1, -0.05) is 35.0 Å². The maximum absolute atomic E-state index is 14.4. The van der Waals surface area contributed by atoms with Gasteiger partial charge in [-0.2, -0.15) is 5.10 Å². The van der Waals surface area contributed by atoms with E-state index < -0.39 is 23.4 Å². The van der Waals surface area contributed by atoms with Gasteiger partial charge < -0.3 is 44.6 Å². The lowest BCUT2D eigenvalue weighted by atomic mass is 9.94. The first-order valence-corrected chi connectivity index (χ1v) is 24.5. The average Bonchev–Trinajstić information content (AvgIpc) is 3.73.